The van der Waals surface area contributed by atoms with Crippen molar-refractivity contribution in [3.05, 3.63) is 111 Å². The van der Waals surface area contributed by atoms with Crippen LogP contribution in [0.25, 0.3) is 22.7 Å². The minimum atomic E-state index is -0.627. The van der Waals surface area contributed by atoms with Gasteiger partial charge < -0.3 is 4.74 Å². The van der Waals surface area contributed by atoms with Crippen LogP contribution in [0.3, 0.4) is 0 Å². The summed E-state index contributed by atoms with van der Waals surface area (Å²) in [6, 6.07) is 21.0. The molecule has 1 heterocycles. The molecule has 1 aromatic heterocycles. The smallest absolute Gasteiger partial charge is 0.336 e. The van der Waals surface area contributed by atoms with Crippen molar-refractivity contribution in [3.8, 4) is 11.4 Å². The van der Waals surface area contributed by atoms with Crippen molar-refractivity contribution >= 4 is 22.9 Å². The summed E-state index contributed by atoms with van der Waals surface area (Å²) in [7, 11) is 1.55. The minimum absolute atomic E-state index is 0.247. The fourth-order valence-electron chi connectivity index (χ4n) is 3.56. The molecule has 3 aromatic carbocycles. The Morgan fingerprint density at radius 2 is 1.70 bits per heavy atom. The number of rotatable bonds is 6. The summed E-state index contributed by atoms with van der Waals surface area (Å²) in [5.74, 6) is -0.00332. The molecule has 0 spiro atoms. The van der Waals surface area contributed by atoms with Crippen LogP contribution in [0.2, 0.25) is 0 Å². The molecule has 0 aliphatic rings. The van der Waals surface area contributed by atoms with Crippen LogP contribution in [0.4, 0.5) is 0 Å². The fourth-order valence-corrected chi connectivity index (χ4v) is 3.56. The van der Waals surface area contributed by atoms with Crippen molar-refractivity contribution in [1.82, 2.24) is 14.6 Å². The monoisotopic (exact) mass is 443 g/mol. The lowest BCUT2D eigenvalue weighted by Gasteiger charge is -2.14. The molecule has 0 fully saturated rings. The van der Waals surface area contributed by atoms with Crippen molar-refractivity contribution < 1.29 is 14.7 Å². The highest BCUT2D eigenvalue weighted by atomic mass is 16.5. The molecule has 0 saturated carbocycles. The number of amides is 1. The molecule has 0 unspecified atom stereocenters. The van der Waals surface area contributed by atoms with Gasteiger partial charge >= 0.3 is 5.69 Å². The van der Waals surface area contributed by atoms with Crippen molar-refractivity contribution in [2.45, 2.75) is 6.54 Å². The molecule has 0 radical (unpaired) electrons. The highest BCUT2D eigenvalue weighted by Gasteiger charge is 2.14. The average molecular weight is 443 g/mol. The molecule has 1 amide bonds. The Hall–Kier alpha value is -4.43. The molecule has 0 aliphatic heterocycles. The van der Waals surface area contributed by atoms with E-state index in [0.717, 1.165) is 15.7 Å². The van der Waals surface area contributed by atoms with E-state index in [9.17, 15) is 14.4 Å². The maximum atomic E-state index is 13.5. The van der Waals surface area contributed by atoms with Crippen molar-refractivity contribution in [1.29, 1.82) is 0 Å². The van der Waals surface area contributed by atoms with E-state index in [-0.39, 0.29) is 12.1 Å². The topological polar surface area (TPSA) is 103 Å². The lowest BCUT2D eigenvalue weighted by molar-refractivity contribution is -0.124. The van der Waals surface area contributed by atoms with E-state index >= 15 is 0 Å². The highest BCUT2D eigenvalue weighted by Crippen LogP contribution is 2.16. The number of benzene rings is 3. The number of carbonyl (C=O) groups excluding carboxylic acids is 1. The first kappa shape index (κ1) is 21.8. The molecule has 4 rings (SSSR count). The summed E-state index contributed by atoms with van der Waals surface area (Å²) in [5, 5.41) is 9.00. The Labute approximate surface area is 188 Å². The molecule has 33 heavy (non-hydrogen) atoms. The molecule has 2 N–H and O–H groups in total. The van der Waals surface area contributed by atoms with E-state index in [1.807, 2.05) is 12.1 Å². The maximum Gasteiger partial charge on any atom is 0.336 e. The number of hydrogen-bond donors (Lipinski definition) is 2. The molecular weight excluding hydrogens is 422 g/mol. The van der Waals surface area contributed by atoms with Crippen LogP contribution in [0, 0.1) is 0 Å². The van der Waals surface area contributed by atoms with Gasteiger partial charge in [-0.3, -0.25) is 19.4 Å². The second kappa shape index (κ2) is 9.37. The molecule has 8 heteroatoms. The number of para-hydroxylation sites is 1. The third-order valence-corrected chi connectivity index (χ3v) is 5.24. The zero-order valence-electron chi connectivity index (χ0n) is 17.8. The number of nitrogens with one attached hydrogen (secondary N) is 1. The van der Waals surface area contributed by atoms with E-state index in [1.165, 1.54) is 11.6 Å². The number of fused-ring (bicyclic) bond motifs is 1. The third-order valence-electron chi connectivity index (χ3n) is 5.24. The molecule has 0 bridgehead atoms. The zero-order valence-corrected chi connectivity index (χ0v) is 17.8. The van der Waals surface area contributed by atoms with Crippen LogP contribution >= 0.6 is 0 Å². The maximum absolute atomic E-state index is 13.5. The largest absolute Gasteiger partial charge is 0.497 e. The van der Waals surface area contributed by atoms with E-state index in [2.05, 4.69) is 0 Å². The lowest BCUT2D eigenvalue weighted by Crippen LogP contribution is -2.39. The SMILES string of the molecule is COc1ccc(-n2c(=O)c3ccccc3n(Cc3ccc(C=CC(=O)NO)cc3)c2=O)cc1. The summed E-state index contributed by atoms with van der Waals surface area (Å²) >= 11 is 0. The first-order valence-electron chi connectivity index (χ1n) is 10.1. The van der Waals surface area contributed by atoms with Gasteiger partial charge in [0.25, 0.3) is 11.5 Å². The van der Waals surface area contributed by atoms with Crippen molar-refractivity contribution in [2.75, 3.05) is 7.11 Å². The Balaban J connectivity index is 1.79. The van der Waals surface area contributed by atoms with Gasteiger partial charge in [-0.25, -0.2) is 14.8 Å². The second-order valence-corrected chi connectivity index (χ2v) is 7.28. The lowest BCUT2D eigenvalue weighted by atomic mass is 10.1. The Kier molecular flexibility index (Phi) is 6.19. The molecule has 0 atom stereocenters. The Morgan fingerprint density at radius 3 is 2.36 bits per heavy atom. The van der Waals surface area contributed by atoms with Crippen LogP contribution in [0.5, 0.6) is 5.75 Å². The fraction of sp³-hybridized carbons (Fsp3) is 0.0800. The van der Waals surface area contributed by atoms with Crippen LogP contribution in [0.15, 0.2) is 88.5 Å². The van der Waals surface area contributed by atoms with Gasteiger partial charge in [-0.15, -0.1) is 0 Å². The van der Waals surface area contributed by atoms with Gasteiger partial charge in [0.2, 0.25) is 0 Å². The van der Waals surface area contributed by atoms with Crippen molar-refractivity contribution in [3.63, 3.8) is 0 Å². The van der Waals surface area contributed by atoms with E-state index in [1.54, 1.807) is 78.4 Å². The summed E-state index contributed by atoms with van der Waals surface area (Å²) in [6.45, 7) is 0.247. The Morgan fingerprint density at radius 1 is 1.00 bits per heavy atom. The van der Waals surface area contributed by atoms with Crippen LogP contribution in [-0.2, 0) is 11.3 Å². The van der Waals surface area contributed by atoms with Crippen molar-refractivity contribution in [2.24, 2.45) is 0 Å². The highest BCUT2D eigenvalue weighted by molar-refractivity contribution is 5.90. The second-order valence-electron chi connectivity index (χ2n) is 7.28. The van der Waals surface area contributed by atoms with Crippen LogP contribution in [-0.4, -0.2) is 27.4 Å². The summed E-state index contributed by atoms with van der Waals surface area (Å²) < 4.78 is 7.89. The number of ether oxygens (including phenoxy) is 1. The number of nitrogens with zero attached hydrogens (tertiary/aromatic N) is 2. The molecule has 0 aliphatic carbocycles. The van der Waals surface area contributed by atoms with Crippen LogP contribution < -0.4 is 21.5 Å². The standard InChI is InChI=1S/C25H21N3O5/c1-33-20-13-11-19(12-14-20)28-24(30)21-4-2-3-5-22(21)27(25(28)31)16-18-8-6-17(7-9-18)10-15-23(29)26-32/h2-15,32H,16H2,1H3,(H,26,29). The first-order chi connectivity index (χ1) is 16.0. The summed E-state index contributed by atoms with van der Waals surface area (Å²) in [6.07, 6.45) is 2.76. The van der Waals surface area contributed by atoms with E-state index in [4.69, 9.17) is 9.94 Å². The normalized spacial score (nSPS) is 11.1. The van der Waals surface area contributed by atoms with E-state index in [0.29, 0.717) is 22.3 Å². The number of methoxy groups -OCH3 is 1. The molecule has 8 nitrogen and oxygen atoms in total. The van der Waals surface area contributed by atoms with Gasteiger partial charge in [0, 0.05) is 6.08 Å². The molecule has 0 saturated heterocycles. The predicted molar refractivity (Wildman–Crippen MR) is 125 cm³/mol. The predicted octanol–water partition coefficient (Wildman–Crippen LogP) is 2.73. The Bertz CT molecular complexity index is 1450. The van der Waals surface area contributed by atoms with Gasteiger partial charge in [-0.2, -0.15) is 0 Å². The van der Waals surface area contributed by atoms with Gasteiger partial charge in [-0.05, 0) is 53.6 Å². The molecule has 4 aromatic rings. The number of hydroxylamine groups is 1. The number of aromatic nitrogens is 2. The number of hydrogen-bond acceptors (Lipinski definition) is 5. The molecule has 166 valence electrons. The average Bonchev–Trinajstić information content (AvgIpc) is 2.86. The van der Waals surface area contributed by atoms with Gasteiger partial charge in [0.05, 0.1) is 30.2 Å². The summed E-state index contributed by atoms with van der Waals surface area (Å²) in [4.78, 5) is 37.8. The zero-order chi connectivity index (χ0) is 23.4. The van der Waals surface area contributed by atoms with Gasteiger partial charge in [0.1, 0.15) is 5.75 Å². The minimum Gasteiger partial charge on any atom is -0.497 e. The summed E-state index contributed by atoms with van der Waals surface area (Å²) in [5.41, 5.74) is 3.28. The number of carbonyl (C=O) groups is 1. The first-order valence-corrected chi connectivity index (χ1v) is 10.1. The van der Waals surface area contributed by atoms with E-state index < -0.39 is 11.6 Å². The third kappa shape index (κ3) is 4.46. The van der Waals surface area contributed by atoms with Gasteiger partial charge in [-0.1, -0.05) is 36.4 Å². The molecular formula is C25H21N3O5. The van der Waals surface area contributed by atoms with Gasteiger partial charge in [0.15, 0.2) is 0 Å². The van der Waals surface area contributed by atoms with Crippen LogP contribution in [0.1, 0.15) is 11.1 Å². The quantitative estimate of drug-likeness (QED) is 0.271.